The van der Waals surface area contributed by atoms with Crippen LogP contribution in [0.4, 0.5) is 5.69 Å². The molecule has 0 saturated carbocycles. The second kappa shape index (κ2) is 11.5. The molecule has 1 aliphatic heterocycles. The molecule has 3 aromatic carbocycles. The van der Waals surface area contributed by atoms with Gasteiger partial charge in [-0.15, -0.1) is 5.10 Å². The summed E-state index contributed by atoms with van der Waals surface area (Å²) in [7, 11) is 1.70. The van der Waals surface area contributed by atoms with Gasteiger partial charge in [0.1, 0.15) is 11.8 Å². The molecule has 0 radical (unpaired) electrons. The van der Waals surface area contributed by atoms with Gasteiger partial charge in [-0.1, -0.05) is 54.6 Å². The summed E-state index contributed by atoms with van der Waals surface area (Å²) < 4.78 is 7.49. The maximum Gasteiger partial charge on any atom is 0.253 e. The van der Waals surface area contributed by atoms with Crippen LogP contribution in [0.25, 0.3) is 10.9 Å². The van der Waals surface area contributed by atoms with Crippen molar-refractivity contribution >= 4 is 16.6 Å². The van der Waals surface area contributed by atoms with Crippen LogP contribution in [-0.4, -0.2) is 63.4 Å². The third-order valence-corrected chi connectivity index (χ3v) is 8.13. The Morgan fingerprint density at radius 1 is 0.927 bits per heavy atom. The monoisotopic (exact) mass is 549 g/mol. The van der Waals surface area contributed by atoms with Crippen LogP contribution in [0.5, 0.6) is 5.75 Å². The molecule has 0 unspecified atom stereocenters. The molecule has 1 saturated heterocycles. The molecule has 41 heavy (non-hydrogen) atoms. The van der Waals surface area contributed by atoms with Crippen LogP contribution in [0.3, 0.4) is 0 Å². The molecule has 210 valence electrons. The number of aromatic amines is 1. The van der Waals surface area contributed by atoms with Gasteiger partial charge in [0.2, 0.25) is 0 Å². The number of rotatable bonds is 8. The summed E-state index contributed by atoms with van der Waals surface area (Å²) in [6.07, 6.45) is 0.791. The Morgan fingerprint density at radius 2 is 1.66 bits per heavy atom. The van der Waals surface area contributed by atoms with E-state index in [0.717, 1.165) is 66.1 Å². The zero-order valence-corrected chi connectivity index (χ0v) is 23.7. The van der Waals surface area contributed by atoms with Gasteiger partial charge < -0.3 is 14.6 Å². The highest BCUT2D eigenvalue weighted by Crippen LogP contribution is 2.32. The summed E-state index contributed by atoms with van der Waals surface area (Å²) in [5.74, 6) is 1.54. The highest BCUT2D eigenvalue weighted by atomic mass is 16.5. The van der Waals surface area contributed by atoms with Gasteiger partial charge in [-0.05, 0) is 65.6 Å². The lowest BCUT2D eigenvalue weighted by Gasteiger charge is -2.40. The Balaban J connectivity index is 1.37. The number of piperazine rings is 1. The number of tetrazole rings is 1. The van der Waals surface area contributed by atoms with Gasteiger partial charge in [0, 0.05) is 43.7 Å². The first-order valence-corrected chi connectivity index (χ1v) is 14.1. The molecule has 1 fully saturated rings. The number of pyridine rings is 1. The Labute approximate surface area is 239 Å². The third-order valence-electron chi connectivity index (χ3n) is 8.13. The Morgan fingerprint density at radius 3 is 2.44 bits per heavy atom. The van der Waals surface area contributed by atoms with E-state index in [1.165, 1.54) is 5.56 Å². The van der Waals surface area contributed by atoms with E-state index in [1.807, 2.05) is 60.1 Å². The van der Waals surface area contributed by atoms with Crippen LogP contribution in [0.2, 0.25) is 0 Å². The lowest BCUT2D eigenvalue weighted by Crippen LogP contribution is -2.49. The van der Waals surface area contributed by atoms with Crippen LogP contribution < -0.4 is 15.2 Å². The molecular weight excluding hydrogens is 514 g/mol. The van der Waals surface area contributed by atoms with Crippen LogP contribution >= 0.6 is 0 Å². The zero-order valence-electron chi connectivity index (χ0n) is 23.7. The van der Waals surface area contributed by atoms with Gasteiger partial charge >= 0.3 is 0 Å². The molecule has 0 spiro atoms. The second-order valence-corrected chi connectivity index (χ2v) is 10.6. The van der Waals surface area contributed by atoms with Crippen molar-refractivity contribution in [3.8, 4) is 5.75 Å². The molecule has 2 aromatic heterocycles. The van der Waals surface area contributed by atoms with Crippen molar-refractivity contribution in [2.45, 2.75) is 32.9 Å². The standard InChI is InChI=1S/C32H35N7O2/c1-22-13-14-23(2)29-25(22)21-26(32(40)33-29)30(31-34-35-36-39(31)16-15-24-9-5-4-6-10-24)38-19-17-37(18-20-38)27-11-7-8-12-28(27)41-3/h4-14,21,30H,15-20H2,1-3H3,(H,33,40)/t30-/m0/s1. The topological polar surface area (TPSA) is 92.2 Å². The highest BCUT2D eigenvalue weighted by molar-refractivity contribution is 5.85. The van der Waals surface area contributed by atoms with Crippen LogP contribution in [0, 0.1) is 13.8 Å². The first-order chi connectivity index (χ1) is 20.0. The summed E-state index contributed by atoms with van der Waals surface area (Å²) >= 11 is 0. The molecule has 1 aliphatic rings. The number of H-pyrrole nitrogens is 1. The molecule has 0 aliphatic carbocycles. The summed E-state index contributed by atoms with van der Waals surface area (Å²) in [5.41, 5.74) is 5.88. The number of aryl methyl sites for hydroxylation is 4. The van der Waals surface area contributed by atoms with Crippen molar-refractivity contribution in [2.24, 2.45) is 0 Å². The van der Waals surface area contributed by atoms with E-state index in [-0.39, 0.29) is 5.56 Å². The van der Waals surface area contributed by atoms with Gasteiger partial charge in [-0.2, -0.15) is 0 Å². The SMILES string of the molecule is COc1ccccc1N1CCN([C@@H](c2cc3c(C)ccc(C)c3[nH]c2=O)c2nnnn2CCc2ccccc2)CC1. The predicted octanol–water partition coefficient (Wildman–Crippen LogP) is 4.29. The van der Waals surface area contributed by atoms with Gasteiger partial charge in [0.25, 0.3) is 5.56 Å². The maximum absolute atomic E-state index is 13.7. The summed E-state index contributed by atoms with van der Waals surface area (Å²) in [5, 5.41) is 14.0. The lowest BCUT2D eigenvalue weighted by atomic mass is 9.99. The molecule has 6 rings (SSSR count). The lowest BCUT2D eigenvalue weighted by molar-refractivity contribution is 0.199. The van der Waals surface area contributed by atoms with Gasteiger partial charge in [0.05, 0.1) is 18.3 Å². The quantitative estimate of drug-likeness (QED) is 0.309. The fourth-order valence-electron chi connectivity index (χ4n) is 5.85. The minimum absolute atomic E-state index is 0.110. The average Bonchev–Trinajstić information content (AvgIpc) is 3.47. The molecule has 1 N–H and O–H groups in total. The normalized spacial score (nSPS) is 14.9. The zero-order chi connectivity index (χ0) is 28.3. The van der Waals surface area contributed by atoms with Crippen molar-refractivity contribution in [2.75, 3.05) is 38.2 Å². The number of nitrogens with zero attached hydrogens (tertiary/aromatic N) is 6. The molecule has 1 atom stereocenters. The minimum Gasteiger partial charge on any atom is -0.495 e. The van der Waals surface area contributed by atoms with Crippen molar-refractivity contribution in [1.82, 2.24) is 30.1 Å². The third kappa shape index (κ3) is 5.32. The van der Waals surface area contributed by atoms with E-state index in [9.17, 15) is 4.79 Å². The Kier molecular flexibility index (Phi) is 7.52. The maximum atomic E-state index is 13.7. The molecule has 3 heterocycles. The molecular formula is C32H35N7O2. The number of anilines is 1. The van der Waals surface area contributed by atoms with E-state index >= 15 is 0 Å². The van der Waals surface area contributed by atoms with Crippen LogP contribution in [-0.2, 0) is 13.0 Å². The smallest absolute Gasteiger partial charge is 0.253 e. The number of methoxy groups -OCH3 is 1. The predicted molar refractivity (Wildman–Crippen MR) is 161 cm³/mol. The number of nitrogens with one attached hydrogen (secondary N) is 1. The van der Waals surface area contributed by atoms with E-state index in [1.54, 1.807) is 7.11 Å². The van der Waals surface area contributed by atoms with Gasteiger partial charge in [-0.25, -0.2) is 4.68 Å². The van der Waals surface area contributed by atoms with Crippen molar-refractivity contribution in [3.63, 3.8) is 0 Å². The number of fused-ring (bicyclic) bond motifs is 1. The average molecular weight is 550 g/mol. The number of aromatic nitrogens is 5. The molecule has 0 amide bonds. The molecule has 9 nitrogen and oxygen atoms in total. The van der Waals surface area contributed by atoms with E-state index in [0.29, 0.717) is 17.9 Å². The van der Waals surface area contributed by atoms with E-state index < -0.39 is 6.04 Å². The highest BCUT2D eigenvalue weighted by Gasteiger charge is 2.33. The van der Waals surface area contributed by atoms with Gasteiger partial charge in [-0.3, -0.25) is 9.69 Å². The Hall–Kier alpha value is -4.50. The van der Waals surface area contributed by atoms with E-state index in [2.05, 4.69) is 61.5 Å². The minimum atomic E-state index is -0.395. The van der Waals surface area contributed by atoms with Crippen molar-refractivity contribution < 1.29 is 4.74 Å². The summed E-state index contributed by atoms with van der Waals surface area (Å²) in [6.45, 7) is 7.76. The van der Waals surface area contributed by atoms with E-state index in [4.69, 9.17) is 4.74 Å². The first kappa shape index (κ1) is 26.7. The number of hydrogen-bond acceptors (Lipinski definition) is 7. The molecule has 0 bridgehead atoms. The van der Waals surface area contributed by atoms with Crippen LogP contribution in [0.15, 0.2) is 77.6 Å². The van der Waals surface area contributed by atoms with Gasteiger partial charge in [0.15, 0.2) is 5.82 Å². The van der Waals surface area contributed by atoms with Crippen molar-refractivity contribution in [3.05, 3.63) is 111 Å². The van der Waals surface area contributed by atoms with Crippen molar-refractivity contribution in [1.29, 1.82) is 0 Å². The number of para-hydroxylation sites is 2. The van der Waals surface area contributed by atoms with Crippen LogP contribution in [0.1, 0.15) is 34.1 Å². The molecule has 9 heteroatoms. The summed E-state index contributed by atoms with van der Waals surface area (Å²) in [6, 6.07) is 24.2. The fraction of sp³-hybridized carbons (Fsp3) is 0.312. The fourth-order valence-corrected chi connectivity index (χ4v) is 5.85. The Bertz CT molecular complexity index is 1700. The first-order valence-electron chi connectivity index (χ1n) is 14.1. The largest absolute Gasteiger partial charge is 0.495 e. The number of hydrogen-bond donors (Lipinski definition) is 1. The molecule has 5 aromatic rings. The second-order valence-electron chi connectivity index (χ2n) is 10.6. The number of benzene rings is 3. The number of ether oxygens (including phenoxy) is 1. The summed E-state index contributed by atoms with van der Waals surface area (Å²) in [4.78, 5) is 21.6.